The molecule has 0 unspecified atom stereocenters. The number of hydrogen-bond donors (Lipinski definition) is 2. The van der Waals surface area contributed by atoms with Gasteiger partial charge >= 0.3 is 5.97 Å². The predicted octanol–water partition coefficient (Wildman–Crippen LogP) is -0.311. The van der Waals surface area contributed by atoms with Gasteiger partial charge in [0, 0.05) is 25.1 Å². The highest BCUT2D eigenvalue weighted by Gasteiger charge is 2.40. The summed E-state index contributed by atoms with van der Waals surface area (Å²) in [6, 6.07) is 6.11. The molecule has 2 N–H and O–H groups in total. The van der Waals surface area contributed by atoms with Gasteiger partial charge in [-0.15, -0.1) is 0 Å². The molecule has 2 amide bonds. The molecule has 1 aromatic carbocycles. The van der Waals surface area contributed by atoms with Crippen LogP contribution in [0.2, 0.25) is 0 Å². The number of aliphatic carboxylic acids is 1. The van der Waals surface area contributed by atoms with Crippen molar-refractivity contribution < 1.29 is 24.6 Å². The number of likely N-dealkylation sites (tertiary alicyclic amines) is 1. The molecule has 0 saturated carbocycles. The Morgan fingerprint density at radius 1 is 1.27 bits per heavy atom. The molecule has 3 rings (SSSR count). The minimum atomic E-state index is -1.14. The third-order valence-corrected chi connectivity index (χ3v) is 4.11. The van der Waals surface area contributed by atoms with Crippen LogP contribution < -0.4 is 0 Å². The molecule has 0 radical (unpaired) electrons. The second-order valence-electron chi connectivity index (χ2n) is 5.61. The van der Waals surface area contributed by atoms with Crippen molar-refractivity contribution in [3.05, 3.63) is 35.4 Å². The molecule has 7 heteroatoms. The zero-order valence-electron chi connectivity index (χ0n) is 11.8. The van der Waals surface area contributed by atoms with Crippen molar-refractivity contribution in [2.75, 3.05) is 13.1 Å². The van der Waals surface area contributed by atoms with Crippen molar-refractivity contribution in [2.24, 2.45) is 0 Å². The number of β-amino-alcohol motifs (C(OH)–C–C–N with tert-alkyl or cyclic N) is 1. The van der Waals surface area contributed by atoms with E-state index in [1.807, 2.05) is 12.1 Å². The van der Waals surface area contributed by atoms with Gasteiger partial charge in [-0.2, -0.15) is 0 Å². The molecule has 2 atom stereocenters. The first kappa shape index (κ1) is 14.5. The first-order valence-electron chi connectivity index (χ1n) is 7.05. The summed E-state index contributed by atoms with van der Waals surface area (Å²) in [7, 11) is 0. The van der Waals surface area contributed by atoms with Gasteiger partial charge in [-0.1, -0.05) is 18.2 Å². The number of carboxylic acid groups (broad SMARTS) is 1. The van der Waals surface area contributed by atoms with Gasteiger partial charge < -0.3 is 20.0 Å². The molecular formula is C15H16N2O5. The maximum atomic E-state index is 12.3. The Hall–Kier alpha value is -2.41. The lowest BCUT2D eigenvalue weighted by molar-refractivity contribution is -0.148. The average molecular weight is 304 g/mol. The average Bonchev–Trinajstić information content (AvgIpc) is 3.01. The monoisotopic (exact) mass is 304 g/mol. The van der Waals surface area contributed by atoms with E-state index in [-0.39, 0.29) is 25.4 Å². The first-order valence-corrected chi connectivity index (χ1v) is 7.05. The number of fused-ring (bicyclic) bond motifs is 1. The fraction of sp³-hybridized carbons (Fsp3) is 0.400. The molecule has 1 saturated heterocycles. The Morgan fingerprint density at radius 3 is 2.68 bits per heavy atom. The maximum absolute atomic E-state index is 12.3. The SMILES string of the molecule is O=C(O)[C@@H]1C[C@@H](O)CN1C(=O)CN1Cc2ccccc2C1=O. The summed E-state index contributed by atoms with van der Waals surface area (Å²) in [6.45, 7) is 0.156. The van der Waals surface area contributed by atoms with Gasteiger partial charge in [0.1, 0.15) is 12.6 Å². The van der Waals surface area contributed by atoms with Crippen LogP contribution in [0.5, 0.6) is 0 Å². The molecule has 2 aliphatic rings. The summed E-state index contributed by atoms with van der Waals surface area (Å²) in [4.78, 5) is 38.2. The van der Waals surface area contributed by atoms with Crippen LogP contribution in [0.25, 0.3) is 0 Å². The number of rotatable bonds is 3. The summed E-state index contributed by atoms with van der Waals surface area (Å²) in [6.07, 6.45) is -0.813. The second-order valence-corrected chi connectivity index (χ2v) is 5.61. The number of carbonyl (C=O) groups excluding carboxylic acids is 2. The minimum Gasteiger partial charge on any atom is -0.480 e. The van der Waals surface area contributed by atoms with E-state index in [0.29, 0.717) is 12.1 Å². The Labute approximate surface area is 126 Å². The largest absolute Gasteiger partial charge is 0.480 e. The number of benzene rings is 1. The third-order valence-electron chi connectivity index (χ3n) is 4.11. The van der Waals surface area contributed by atoms with Crippen molar-refractivity contribution in [3.63, 3.8) is 0 Å². The number of carboxylic acids is 1. The van der Waals surface area contributed by atoms with Gasteiger partial charge in [0.25, 0.3) is 5.91 Å². The minimum absolute atomic E-state index is 0.00915. The van der Waals surface area contributed by atoms with Gasteiger partial charge in [0.2, 0.25) is 5.91 Å². The summed E-state index contributed by atoms with van der Waals surface area (Å²) in [5.41, 5.74) is 1.43. The Morgan fingerprint density at radius 2 is 2.00 bits per heavy atom. The lowest BCUT2D eigenvalue weighted by atomic mass is 10.1. The molecule has 2 heterocycles. The molecule has 22 heavy (non-hydrogen) atoms. The number of aliphatic hydroxyl groups is 1. The molecule has 116 valence electrons. The molecule has 0 aliphatic carbocycles. The molecule has 1 fully saturated rings. The highest BCUT2D eigenvalue weighted by molar-refractivity contribution is 6.00. The number of aliphatic hydroxyl groups excluding tert-OH is 1. The summed E-state index contributed by atoms with van der Waals surface area (Å²) in [5.74, 6) is -1.82. The third kappa shape index (κ3) is 2.43. The van der Waals surface area contributed by atoms with E-state index in [2.05, 4.69) is 0 Å². The normalized spacial score (nSPS) is 23.8. The maximum Gasteiger partial charge on any atom is 0.326 e. The molecule has 2 aliphatic heterocycles. The fourth-order valence-corrected chi connectivity index (χ4v) is 3.02. The van der Waals surface area contributed by atoms with Crippen LogP contribution in [0.3, 0.4) is 0 Å². The highest BCUT2D eigenvalue weighted by atomic mass is 16.4. The van der Waals surface area contributed by atoms with Crippen LogP contribution in [0.1, 0.15) is 22.3 Å². The summed E-state index contributed by atoms with van der Waals surface area (Å²) >= 11 is 0. The molecule has 0 aromatic heterocycles. The van der Waals surface area contributed by atoms with E-state index in [1.165, 1.54) is 4.90 Å². The highest BCUT2D eigenvalue weighted by Crippen LogP contribution is 2.24. The number of nitrogens with zero attached hydrogens (tertiary/aromatic N) is 2. The summed E-state index contributed by atoms with van der Waals surface area (Å²) in [5, 5.41) is 18.7. The Kier molecular flexibility index (Phi) is 3.58. The zero-order valence-corrected chi connectivity index (χ0v) is 11.8. The number of hydrogen-bond acceptors (Lipinski definition) is 4. The van der Waals surface area contributed by atoms with E-state index < -0.39 is 24.0 Å². The van der Waals surface area contributed by atoms with Crippen molar-refractivity contribution >= 4 is 17.8 Å². The summed E-state index contributed by atoms with van der Waals surface area (Å²) < 4.78 is 0. The van der Waals surface area contributed by atoms with Crippen LogP contribution >= 0.6 is 0 Å². The van der Waals surface area contributed by atoms with Gasteiger partial charge in [-0.3, -0.25) is 9.59 Å². The van der Waals surface area contributed by atoms with Crippen molar-refractivity contribution in [2.45, 2.75) is 25.1 Å². The standard InChI is InChI=1S/C15H16N2O5/c18-10-5-12(15(21)22)17(7-10)13(19)8-16-6-9-3-1-2-4-11(9)14(16)20/h1-4,10,12,18H,5-8H2,(H,21,22)/t10-,12+/m1/s1. The Balaban J connectivity index is 1.71. The molecule has 1 aromatic rings. The second kappa shape index (κ2) is 5.42. The van der Waals surface area contributed by atoms with Crippen molar-refractivity contribution in [1.29, 1.82) is 0 Å². The Bertz CT molecular complexity index is 645. The van der Waals surface area contributed by atoms with Gasteiger partial charge in [0.05, 0.1) is 6.10 Å². The van der Waals surface area contributed by atoms with E-state index in [1.54, 1.807) is 12.1 Å². The first-order chi connectivity index (χ1) is 10.5. The van der Waals surface area contributed by atoms with Gasteiger partial charge in [0.15, 0.2) is 0 Å². The number of amides is 2. The van der Waals surface area contributed by atoms with E-state index >= 15 is 0 Å². The van der Waals surface area contributed by atoms with Crippen molar-refractivity contribution in [3.8, 4) is 0 Å². The predicted molar refractivity (Wildman–Crippen MR) is 74.9 cm³/mol. The zero-order chi connectivity index (χ0) is 15.9. The van der Waals surface area contributed by atoms with Crippen LogP contribution in [-0.2, 0) is 16.1 Å². The fourth-order valence-electron chi connectivity index (χ4n) is 3.02. The molecule has 0 bridgehead atoms. The van der Waals surface area contributed by atoms with E-state index in [0.717, 1.165) is 10.5 Å². The van der Waals surface area contributed by atoms with Crippen LogP contribution in [-0.4, -0.2) is 63.0 Å². The van der Waals surface area contributed by atoms with Crippen molar-refractivity contribution in [1.82, 2.24) is 9.80 Å². The molecule has 0 spiro atoms. The van der Waals surface area contributed by atoms with Gasteiger partial charge in [-0.05, 0) is 11.6 Å². The van der Waals surface area contributed by atoms with Crippen LogP contribution in [0.4, 0.5) is 0 Å². The molecular weight excluding hydrogens is 288 g/mol. The quantitative estimate of drug-likeness (QED) is 0.798. The van der Waals surface area contributed by atoms with E-state index in [9.17, 15) is 19.5 Å². The van der Waals surface area contributed by atoms with Crippen LogP contribution in [0.15, 0.2) is 24.3 Å². The van der Waals surface area contributed by atoms with Gasteiger partial charge in [-0.25, -0.2) is 4.79 Å². The lowest BCUT2D eigenvalue weighted by Gasteiger charge is -2.24. The molecule has 7 nitrogen and oxygen atoms in total. The number of carbonyl (C=O) groups is 3. The topological polar surface area (TPSA) is 98.2 Å². The smallest absolute Gasteiger partial charge is 0.326 e. The van der Waals surface area contributed by atoms with E-state index in [4.69, 9.17) is 5.11 Å². The van der Waals surface area contributed by atoms with Crippen LogP contribution in [0, 0.1) is 0 Å². The lowest BCUT2D eigenvalue weighted by Crippen LogP contribution is -2.45.